The number of carbonyl (C=O) groups is 2. The molecular weight excluding hydrogens is 388 g/mol. The van der Waals surface area contributed by atoms with Gasteiger partial charge in [0, 0.05) is 46.9 Å². The van der Waals surface area contributed by atoms with Gasteiger partial charge >= 0.3 is 0 Å². The highest BCUT2D eigenvalue weighted by Crippen LogP contribution is 2.17. The van der Waals surface area contributed by atoms with Crippen molar-refractivity contribution >= 4 is 11.7 Å². The van der Waals surface area contributed by atoms with E-state index < -0.39 is 0 Å². The molecule has 0 spiro atoms. The normalized spacial score (nSPS) is 10.6. The molecule has 2 aromatic carbocycles. The van der Waals surface area contributed by atoms with Gasteiger partial charge in [0.25, 0.3) is 5.91 Å². The average molecular weight is 410 g/mol. The molecule has 154 valence electrons. The summed E-state index contributed by atoms with van der Waals surface area (Å²) in [5, 5.41) is 7.50. The zero-order valence-corrected chi connectivity index (χ0v) is 17.2. The van der Waals surface area contributed by atoms with Gasteiger partial charge in [-0.25, -0.2) is 0 Å². The monoisotopic (exact) mass is 410 g/mol. The Morgan fingerprint density at radius 2 is 1.61 bits per heavy atom. The third-order valence-corrected chi connectivity index (χ3v) is 4.99. The van der Waals surface area contributed by atoms with E-state index in [-0.39, 0.29) is 11.7 Å². The van der Waals surface area contributed by atoms with E-state index in [0.717, 1.165) is 17.0 Å². The summed E-state index contributed by atoms with van der Waals surface area (Å²) in [5.74, 6) is -0.248. The molecule has 6 heteroatoms. The molecule has 0 saturated heterocycles. The number of hydrogen-bond donors (Lipinski definition) is 1. The maximum atomic E-state index is 12.5. The molecule has 0 aliphatic heterocycles. The topological polar surface area (TPSA) is 76.9 Å². The van der Waals surface area contributed by atoms with E-state index in [1.165, 1.54) is 0 Å². The van der Waals surface area contributed by atoms with Crippen molar-refractivity contribution in [2.75, 3.05) is 6.54 Å². The molecule has 0 aliphatic rings. The minimum atomic E-state index is -0.184. The summed E-state index contributed by atoms with van der Waals surface area (Å²) in [6.07, 6.45) is 3.51. The van der Waals surface area contributed by atoms with Crippen molar-refractivity contribution in [3.8, 4) is 11.3 Å². The van der Waals surface area contributed by atoms with Gasteiger partial charge in [0.1, 0.15) is 0 Å². The number of pyridine rings is 1. The lowest BCUT2D eigenvalue weighted by molar-refractivity contribution is 0.0950. The van der Waals surface area contributed by atoms with E-state index in [1.54, 1.807) is 48.8 Å². The van der Waals surface area contributed by atoms with Crippen molar-refractivity contribution in [3.63, 3.8) is 0 Å². The second kappa shape index (κ2) is 9.17. The number of hydrogen-bond acceptors (Lipinski definition) is 4. The molecule has 0 aliphatic carbocycles. The highest BCUT2D eigenvalue weighted by atomic mass is 16.1. The molecular formula is C25H22N4O2. The fourth-order valence-electron chi connectivity index (χ4n) is 3.30. The lowest BCUT2D eigenvalue weighted by Crippen LogP contribution is -2.27. The van der Waals surface area contributed by atoms with Crippen LogP contribution < -0.4 is 5.32 Å². The molecule has 0 bridgehead atoms. The Labute approximate surface area is 180 Å². The number of nitrogens with zero attached hydrogens (tertiary/aromatic N) is 3. The summed E-state index contributed by atoms with van der Waals surface area (Å²) in [6, 6.07) is 21.6. The molecule has 2 heterocycles. The van der Waals surface area contributed by atoms with Gasteiger partial charge in [-0.3, -0.25) is 19.3 Å². The van der Waals surface area contributed by atoms with Crippen molar-refractivity contribution in [1.29, 1.82) is 0 Å². The predicted molar refractivity (Wildman–Crippen MR) is 119 cm³/mol. The summed E-state index contributed by atoms with van der Waals surface area (Å²) in [5.41, 5.74) is 4.52. The first kappa shape index (κ1) is 20.2. The highest BCUT2D eigenvalue weighted by molar-refractivity contribution is 6.09. The lowest BCUT2D eigenvalue weighted by Gasteiger charge is -2.08. The fourth-order valence-corrected chi connectivity index (χ4v) is 3.30. The number of aromatic nitrogens is 3. The molecule has 1 N–H and O–H groups in total. The van der Waals surface area contributed by atoms with E-state index in [1.807, 2.05) is 48.0 Å². The molecule has 0 saturated carbocycles. The Hall–Kier alpha value is -4.06. The lowest BCUT2D eigenvalue weighted by atomic mass is 10.0. The number of carbonyl (C=O) groups excluding carboxylic acids is 2. The molecule has 0 fully saturated rings. The Bertz CT molecular complexity index is 1180. The van der Waals surface area contributed by atoms with Gasteiger partial charge in [0.15, 0.2) is 5.78 Å². The number of amides is 1. The van der Waals surface area contributed by atoms with Gasteiger partial charge in [0.05, 0.1) is 12.2 Å². The molecule has 2 aromatic heterocycles. The van der Waals surface area contributed by atoms with Gasteiger partial charge in [-0.2, -0.15) is 5.10 Å². The Morgan fingerprint density at radius 1 is 0.903 bits per heavy atom. The first-order valence-electron chi connectivity index (χ1n) is 10.0. The molecule has 1 amide bonds. The van der Waals surface area contributed by atoms with Crippen molar-refractivity contribution in [2.45, 2.75) is 13.5 Å². The van der Waals surface area contributed by atoms with E-state index in [0.29, 0.717) is 29.8 Å². The summed E-state index contributed by atoms with van der Waals surface area (Å²) in [7, 11) is 0. The maximum absolute atomic E-state index is 12.5. The van der Waals surface area contributed by atoms with Crippen LogP contribution in [0.5, 0.6) is 0 Å². The van der Waals surface area contributed by atoms with Crippen LogP contribution in [-0.4, -0.2) is 33.0 Å². The quantitative estimate of drug-likeness (QED) is 0.469. The Morgan fingerprint density at radius 3 is 2.32 bits per heavy atom. The van der Waals surface area contributed by atoms with Crippen molar-refractivity contribution in [1.82, 2.24) is 20.1 Å². The van der Waals surface area contributed by atoms with Crippen LogP contribution in [0.25, 0.3) is 11.3 Å². The van der Waals surface area contributed by atoms with Crippen LogP contribution in [0.3, 0.4) is 0 Å². The van der Waals surface area contributed by atoms with Gasteiger partial charge in [-0.15, -0.1) is 0 Å². The summed E-state index contributed by atoms with van der Waals surface area (Å²) >= 11 is 0. The largest absolute Gasteiger partial charge is 0.350 e. The predicted octanol–water partition coefficient (Wildman–Crippen LogP) is 3.91. The van der Waals surface area contributed by atoms with E-state index >= 15 is 0 Å². The molecule has 0 unspecified atom stereocenters. The van der Waals surface area contributed by atoms with Crippen LogP contribution in [0.2, 0.25) is 0 Å². The summed E-state index contributed by atoms with van der Waals surface area (Å²) in [4.78, 5) is 29.1. The fraction of sp³-hybridized carbons (Fsp3) is 0.120. The second-order valence-corrected chi connectivity index (χ2v) is 7.16. The van der Waals surface area contributed by atoms with Crippen LogP contribution in [0.1, 0.15) is 32.0 Å². The minimum Gasteiger partial charge on any atom is -0.350 e. The molecule has 4 aromatic rings. The Kier molecular flexibility index (Phi) is 5.98. The van der Waals surface area contributed by atoms with E-state index in [4.69, 9.17) is 0 Å². The van der Waals surface area contributed by atoms with E-state index in [9.17, 15) is 9.59 Å². The minimum absolute atomic E-state index is 0.0638. The van der Waals surface area contributed by atoms with Crippen LogP contribution >= 0.6 is 0 Å². The number of ketones is 1. The molecule has 0 radical (unpaired) electrons. The first-order chi connectivity index (χ1) is 15.1. The third-order valence-electron chi connectivity index (χ3n) is 4.99. The number of benzene rings is 2. The van der Waals surface area contributed by atoms with Gasteiger partial charge < -0.3 is 5.32 Å². The van der Waals surface area contributed by atoms with Crippen molar-refractivity contribution in [2.24, 2.45) is 0 Å². The Balaban J connectivity index is 1.34. The third kappa shape index (κ3) is 4.75. The zero-order valence-electron chi connectivity index (χ0n) is 17.2. The van der Waals surface area contributed by atoms with Crippen molar-refractivity contribution in [3.05, 3.63) is 108 Å². The maximum Gasteiger partial charge on any atom is 0.251 e. The zero-order chi connectivity index (χ0) is 21.6. The average Bonchev–Trinajstić information content (AvgIpc) is 3.20. The van der Waals surface area contributed by atoms with Crippen LogP contribution in [0.15, 0.2) is 85.2 Å². The second-order valence-electron chi connectivity index (χ2n) is 7.16. The highest BCUT2D eigenvalue weighted by Gasteiger charge is 2.11. The van der Waals surface area contributed by atoms with Crippen LogP contribution in [0, 0.1) is 6.92 Å². The summed E-state index contributed by atoms with van der Waals surface area (Å²) in [6.45, 7) is 2.98. The number of rotatable bonds is 7. The smallest absolute Gasteiger partial charge is 0.251 e. The van der Waals surface area contributed by atoms with Crippen LogP contribution in [-0.2, 0) is 6.54 Å². The molecule has 4 rings (SSSR count). The molecule has 0 atom stereocenters. The number of aryl methyl sites for hydroxylation is 1. The molecule has 31 heavy (non-hydrogen) atoms. The van der Waals surface area contributed by atoms with Gasteiger partial charge in [0.2, 0.25) is 0 Å². The standard InChI is InChI=1S/C25H22N4O2/c1-18-16-23(22-8-5-13-26-17-22)28-29(18)15-14-27-25(31)21-11-9-20(10-12-21)24(30)19-6-3-2-4-7-19/h2-13,16-17H,14-15H2,1H3,(H,27,31). The first-order valence-corrected chi connectivity index (χ1v) is 10.0. The number of nitrogens with one attached hydrogen (secondary N) is 1. The van der Waals surface area contributed by atoms with Crippen LogP contribution in [0.4, 0.5) is 0 Å². The van der Waals surface area contributed by atoms with Gasteiger partial charge in [-0.1, -0.05) is 42.5 Å². The summed E-state index contributed by atoms with van der Waals surface area (Å²) < 4.78 is 1.87. The van der Waals surface area contributed by atoms with Gasteiger partial charge in [-0.05, 0) is 37.3 Å². The SMILES string of the molecule is Cc1cc(-c2cccnc2)nn1CCNC(=O)c1ccc(C(=O)c2ccccc2)cc1. The van der Waals surface area contributed by atoms with Crippen molar-refractivity contribution < 1.29 is 9.59 Å². The molecule has 6 nitrogen and oxygen atoms in total. The van der Waals surface area contributed by atoms with E-state index in [2.05, 4.69) is 15.4 Å².